The summed E-state index contributed by atoms with van der Waals surface area (Å²) < 4.78 is 13.2. The van der Waals surface area contributed by atoms with Gasteiger partial charge in [0.15, 0.2) is 12.4 Å². The number of aromatic carboxylic acids is 1. The number of carboxylic acid groups (broad SMARTS) is 1. The van der Waals surface area contributed by atoms with Crippen molar-refractivity contribution in [3.05, 3.63) is 69.4 Å². The van der Waals surface area contributed by atoms with Crippen LogP contribution in [0.5, 0.6) is 0 Å². The average molecular weight is 339 g/mol. The van der Waals surface area contributed by atoms with E-state index in [9.17, 15) is 19.2 Å². The number of carboxylic acids is 1. The van der Waals surface area contributed by atoms with Gasteiger partial charge in [0.05, 0.1) is 0 Å². The molecule has 0 aliphatic heterocycles. The lowest BCUT2D eigenvalue weighted by Gasteiger charge is -2.07. The number of rotatable bonds is 5. The highest BCUT2D eigenvalue weighted by Crippen LogP contribution is 2.17. The smallest absolute Gasteiger partial charge is 0.341 e. The Bertz CT molecular complexity index is 767. The molecule has 0 saturated carbocycles. The van der Waals surface area contributed by atoms with Crippen molar-refractivity contribution in [2.75, 3.05) is 6.54 Å². The largest absolute Gasteiger partial charge is 0.619 e. The Balaban J connectivity index is 2.01. The lowest BCUT2D eigenvalue weighted by molar-refractivity contribution is -0.605. The SMILES string of the molecule is O=C(O)c1cc(C(=O)NCCc2ccc(F)cc2Cl)c[n+]([O-])c1. The van der Waals surface area contributed by atoms with Crippen LogP contribution >= 0.6 is 11.6 Å². The lowest BCUT2D eigenvalue weighted by atomic mass is 10.1. The van der Waals surface area contributed by atoms with Gasteiger partial charge in [-0.05, 0) is 30.2 Å². The van der Waals surface area contributed by atoms with E-state index in [0.29, 0.717) is 12.0 Å². The highest BCUT2D eigenvalue weighted by molar-refractivity contribution is 6.31. The molecule has 1 heterocycles. The van der Waals surface area contributed by atoms with Gasteiger partial charge in [0, 0.05) is 11.6 Å². The first-order valence-corrected chi connectivity index (χ1v) is 6.94. The Kier molecular flexibility index (Phi) is 5.13. The summed E-state index contributed by atoms with van der Waals surface area (Å²) in [5.74, 6) is -2.34. The summed E-state index contributed by atoms with van der Waals surface area (Å²) in [4.78, 5) is 22.8. The standard InChI is InChI=1S/C15H12ClFN2O4/c16-13-6-12(17)2-1-9(13)3-4-18-14(20)10-5-11(15(21)22)8-19(23)7-10/h1-2,5-8H,3-4H2,(H,18,20)(H,21,22). The highest BCUT2D eigenvalue weighted by Gasteiger charge is 2.15. The van der Waals surface area contributed by atoms with Gasteiger partial charge in [-0.25, -0.2) is 9.18 Å². The third-order valence-electron chi connectivity index (χ3n) is 3.05. The van der Waals surface area contributed by atoms with Crippen molar-refractivity contribution in [3.63, 3.8) is 0 Å². The van der Waals surface area contributed by atoms with Gasteiger partial charge in [-0.1, -0.05) is 17.7 Å². The van der Waals surface area contributed by atoms with E-state index in [4.69, 9.17) is 16.7 Å². The van der Waals surface area contributed by atoms with Crippen LogP contribution < -0.4 is 10.0 Å². The molecular formula is C15H12ClFN2O4. The summed E-state index contributed by atoms with van der Waals surface area (Å²) in [5.41, 5.74) is 0.311. The highest BCUT2D eigenvalue weighted by atomic mass is 35.5. The van der Waals surface area contributed by atoms with Gasteiger partial charge < -0.3 is 15.6 Å². The maximum Gasteiger partial charge on any atom is 0.341 e. The van der Waals surface area contributed by atoms with Crippen LogP contribution in [0.1, 0.15) is 26.3 Å². The molecule has 0 bridgehead atoms. The van der Waals surface area contributed by atoms with Crippen molar-refractivity contribution in [1.29, 1.82) is 0 Å². The van der Waals surface area contributed by atoms with Crippen molar-refractivity contribution in [3.8, 4) is 0 Å². The Hall–Kier alpha value is -2.67. The molecule has 2 N–H and O–H groups in total. The topological polar surface area (TPSA) is 93.3 Å². The van der Waals surface area contributed by atoms with Crippen LogP contribution in [0.25, 0.3) is 0 Å². The average Bonchev–Trinajstić information content (AvgIpc) is 2.48. The van der Waals surface area contributed by atoms with E-state index in [1.54, 1.807) is 0 Å². The zero-order chi connectivity index (χ0) is 17.0. The van der Waals surface area contributed by atoms with Gasteiger partial charge in [-0.15, -0.1) is 0 Å². The molecule has 1 amide bonds. The molecule has 0 atom stereocenters. The van der Waals surface area contributed by atoms with E-state index >= 15 is 0 Å². The molecule has 0 saturated heterocycles. The zero-order valence-corrected chi connectivity index (χ0v) is 12.5. The van der Waals surface area contributed by atoms with Crippen LogP contribution in [0.15, 0.2) is 36.7 Å². The van der Waals surface area contributed by atoms with Crippen LogP contribution in [0.2, 0.25) is 5.02 Å². The monoisotopic (exact) mass is 338 g/mol. The molecule has 6 nitrogen and oxygen atoms in total. The lowest BCUT2D eigenvalue weighted by Crippen LogP contribution is -2.32. The number of hydrogen-bond donors (Lipinski definition) is 2. The number of aromatic nitrogens is 1. The van der Waals surface area contributed by atoms with E-state index < -0.39 is 17.7 Å². The third kappa shape index (κ3) is 4.40. The molecule has 0 radical (unpaired) electrons. The minimum atomic E-state index is -1.30. The molecule has 0 aliphatic rings. The molecule has 2 rings (SSSR count). The van der Waals surface area contributed by atoms with Crippen molar-refractivity contribution in [2.45, 2.75) is 6.42 Å². The second-order valence-corrected chi connectivity index (χ2v) is 5.13. The summed E-state index contributed by atoms with van der Waals surface area (Å²) in [5, 5.41) is 23.0. The Labute approximate surface area is 135 Å². The Morgan fingerprint density at radius 3 is 2.61 bits per heavy atom. The second-order valence-electron chi connectivity index (χ2n) is 4.72. The van der Waals surface area contributed by atoms with Gasteiger partial charge in [-0.3, -0.25) is 4.79 Å². The third-order valence-corrected chi connectivity index (χ3v) is 3.40. The fraction of sp³-hybridized carbons (Fsp3) is 0.133. The van der Waals surface area contributed by atoms with Crippen molar-refractivity contribution < 1.29 is 23.8 Å². The number of carbonyl (C=O) groups excluding carboxylic acids is 1. The summed E-state index contributed by atoms with van der Waals surface area (Å²) in [6.07, 6.45) is 2.20. The molecule has 23 heavy (non-hydrogen) atoms. The number of benzene rings is 1. The molecule has 1 aromatic carbocycles. The van der Waals surface area contributed by atoms with Crippen molar-refractivity contribution >= 4 is 23.5 Å². The van der Waals surface area contributed by atoms with Crippen LogP contribution in [0, 0.1) is 11.0 Å². The number of nitrogens with one attached hydrogen (secondary N) is 1. The first-order valence-electron chi connectivity index (χ1n) is 6.56. The van der Waals surface area contributed by atoms with Gasteiger partial charge in [0.1, 0.15) is 16.9 Å². The molecule has 8 heteroatoms. The number of nitrogens with zero attached hydrogens (tertiary/aromatic N) is 1. The van der Waals surface area contributed by atoms with Crippen molar-refractivity contribution in [2.24, 2.45) is 0 Å². The zero-order valence-electron chi connectivity index (χ0n) is 11.8. The minimum Gasteiger partial charge on any atom is -0.619 e. The summed E-state index contributed by atoms with van der Waals surface area (Å²) in [7, 11) is 0. The van der Waals surface area contributed by atoms with E-state index in [2.05, 4.69) is 5.32 Å². The first-order chi connectivity index (χ1) is 10.9. The van der Waals surface area contributed by atoms with Crippen LogP contribution in [0.4, 0.5) is 4.39 Å². The quantitative estimate of drug-likeness (QED) is 0.642. The van der Waals surface area contributed by atoms with Gasteiger partial charge in [-0.2, -0.15) is 4.73 Å². The number of amides is 1. The Morgan fingerprint density at radius 2 is 1.96 bits per heavy atom. The number of pyridine rings is 1. The number of halogens is 2. The molecule has 0 spiro atoms. The normalized spacial score (nSPS) is 10.3. The van der Waals surface area contributed by atoms with E-state index in [0.717, 1.165) is 18.5 Å². The molecule has 0 fully saturated rings. The van der Waals surface area contributed by atoms with Crippen LogP contribution in [0.3, 0.4) is 0 Å². The summed E-state index contributed by atoms with van der Waals surface area (Å²) in [6.45, 7) is 0.195. The van der Waals surface area contributed by atoms with Crippen LogP contribution in [-0.2, 0) is 6.42 Å². The molecule has 120 valence electrons. The molecule has 0 unspecified atom stereocenters. The molecule has 0 aliphatic carbocycles. The van der Waals surface area contributed by atoms with Gasteiger partial charge in [0.25, 0.3) is 5.91 Å². The Morgan fingerprint density at radius 1 is 1.26 bits per heavy atom. The van der Waals surface area contributed by atoms with Crippen molar-refractivity contribution in [1.82, 2.24) is 5.32 Å². The summed E-state index contributed by atoms with van der Waals surface area (Å²) >= 11 is 5.88. The number of carbonyl (C=O) groups is 2. The second kappa shape index (κ2) is 7.06. The van der Waals surface area contributed by atoms with Gasteiger partial charge in [0.2, 0.25) is 0 Å². The number of hydrogen-bond acceptors (Lipinski definition) is 3. The first kappa shape index (κ1) is 16.7. The predicted octanol–water partition coefficient (Wildman–Crippen LogP) is 1.78. The molecule has 1 aromatic heterocycles. The maximum atomic E-state index is 12.9. The molecular weight excluding hydrogens is 327 g/mol. The minimum absolute atomic E-state index is 0.0647. The predicted molar refractivity (Wildman–Crippen MR) is 79.8 cm³/mol. The molecule has 2 aromatic rings. The maximum absolute atomic E-state index is 12.9. The van der Waals surface area contributed by atoms with E-state index in [-0.39, 0.29) is 27.4 Å². The summed E-state index contributed by atoms with van der Waals surface area (Å²) in [6, 6.07) is 5.06. The fourth-order valence-corrected chi connectivity index (χ4v) is 2.19. The van der Waals surface area contributed by atoms with Crippen LogP contribution in [-0.4, -0.2) is 23.5 Å². The fourth-order valence-electron chi connectivity index (χ4n) is 1.93. The van der Waals surface area contributed by atoms with E-state index in [1.807, 2.05) is 0 Å². The van der Waals surface area contributed by atoms with Gasteiger partial charge >= 0.3 is 5.97 Å². The van der Waals surface area contributed by atoms with E-state index in [1.165, 1.54) is 18.2 Å².